The molecule has 1 aromatic rings. The van der Waals surface area contributed by atoms with Crippen LogP contribution in [0.1, 0.15) is 25.3 Å². The highest BCUT2D eigenvalue weighted by molar-refractivity contribution is 5.92. The Morgan fingerprint density at radius 3 is 2.54 bits per heavy atom. The minimum atomic E-state index is -0.504. The molecule has 0 aliphatic rings. The second-order valence-corrected chi connectivity index (χ2v) is 4.98. The first-order chi connectivity index (χ1) is 11.5. The number of benzene rings is 1. The molecule has 1 atom stereocenters. The van der Waals surface area contributed by atoms with Crippen LogP contribution in [0.15, 0.2) is 48.6 Å². The van der Waals surface area contributed by atoms with E-state index in [1.54, 1.807) is 13.0 Å². The molecule has 0 aliphatic carbocycles. The fraction of sp³-hybridized carbons (Fsp3) is 0.278. The van der Waals surface area contributed by atoms with Gasteiger partial charge >= 0.3 is 5.97 Å². The van der Waals surface area contributed by atoms with Gasteiger partial charge in [-0.2, -0.15) is 0 Å². The van der Waals surface area contributed by atoms with E-state index in [-0.39, 0.29) is 18.9 Å². The van der Waals surface area contributed by atoms with E-state index in [1.165, 1.54) is 18.2 Å². The topological polar surface area (TPSA) is 98.5 Å². The molecule has 0 saturated heterocycles. The summed E-state index contributed by atoms with van der Waals surface area (Å²) in [6.45, 7) is 1.97. The first-order valence-electron chi connectivity index (χ1n) is 7.68. The maximum atomic E-state index is 12.0. The summed E-state index contributed by atoms with van der Waals surface area (Å²) < 4.78 is 4.78. The van der Waals surface area contributed by atoms with Crippen molar-refractivity contribution in [1.82, 2.24) is 5.32 Å². The number of amides is 2. The summed E-state index contributed by atoms with van der Waals surface area (Å²) in [5.74, 6) is -1.31. The zero-order valence-corrected chi connectivity index (χ0v) is 13.6. The summed E-state index contributed by atoms with van der Waals surface area (Å²) >= 11 is 0. The van der Waals surface area contributed by atoms with Crippen molar-refractivity contribution in [2.45, 2.75) is 25.8 Å². The fourth-order valence-electron chi connectivity index (χ4n) is 1.87. The molecule has 3 N–H and O–H groups in total. The first kappa shape index (κ1) is 19.2. The number of carbonyl (C=O) groups excluding carboxylic acids is 3. The van der Waals surface area contributed by atoms with Gasteiger partial charge in [0.05, 0.1) is 6.61 Å². The van der Waals surface area contributed by atoms with Crippen LogP contribution in [0.3, 0.4) is 0 Å². The Hall–Kier alpha value is -2.89. The molecule has 0 heterocycles. The lowest BCUT2D eigenvalue weighted by Crippen LogP contribution is -2.33. The summed E-state index contributed by atoms with van der Waals surface area (Å²) in [6.07, 6.45) is 6.20. The van der Waals surface area contributed by atoms with Crippen molar-refractivity contribution >= 4 is 23.9 Å². The van der Waals surface area contributed by atoms with Gasteiger partial charge in [0.1, 0.15) is 0 Å². The molecule has 1 aromatic carbocycles. The summed E-state index contributed by atoms with van der Waals surface area (Å²) in [5, 5.41) is 2.71. The molecule has 6 heteroatoms. The molecule has 24 heavy (non-hydrogen) atoms. The molecular weight excluding hydrogens is 308 g/mol. The predicted octanol–water partition coefficient (Wildman–Crippen LogP) is 1.57. The Labute approximate surface area is 141 Å². The predicted molar refractivity (Wildman–Crippen MR) is 91.6 cm³/mol. The van der Waals surface area contributed by atoms with Gasteiger partial charge in [0.15, 0.2) is 0 Å². The van der Waals surface area contributed by atoms with Gasteiger partial charge in [0.25, 0.3) is 0 Å². The smallest absolute Gasteiger partial charge is 0.330 e. The van der Waals surface area contributed by atoms with Crippen LogP contribution in [0.4, 0.5) is 0 Å². The number of hydrogen-bond acceptors (Lipinski definition) is 4. The SMILES string of the molecule is CCOC(=O)/C=C/C(CCC(N)=O)NC(=O)/C=C/c1ccccc1. The van der Waals surface area contributed by atoms with E-state index in [1.807, 2.05) is 30.3 Å². The second kappa shape index (κ2) is 10.8. The molecule has 0 fully saturated rings. The molecule has 6 nitrogen and oxygen atoms in total. The first-order valence-corrected chi connectivity index (χ1v) is 7.68. The third-order valence-electron chi connectivity index (χ3n) is 3.01. The fourth-order valence-corrected chi connectivity index (χ4v) is 1.87. The molecule has 0 aliphatic heterocycles. The molecule has 2 amide bonds. The zero-order chi connectivity index (χ0) is 17.8. The number of carbonyl (C=O) groups is 3. The number of rotatable bonds is 9. The van der Waals surface area contributed by atoms with Gasteiger partial charge in [-0.25, -0.2) is 4.79 Å². The summed E-state index contributed by atoms with van der Waals surface area (Å²) in [5.41, 5.74) is 6.02. The van der Waals surface area contributed by atoms with Gasteiger partial charge in [0, 0.05) is 24.6 Å². The van der Waals surface area contributed by atoms with E-state index in [2.05, 4.69) is 5.32 Å². The molecule has 128 valence electrons. The van der Waals surface area contributed by atoms with Gasteiger partial charge in [-0.1, -0.05) is 36.4 Å². The average Bonchev–Trinajstić information content (AvgIpc) is 2.56. The molecule has 1 rings (SSSR count). The van der Waals surface area contributed by atoms with Gasteiger partial charge in [-0.05, 0) is 25.0 Å². The Kier molecular flexibility index (Phi) is 8.60. The molecule has 0 radical (unpaired) electrons. The minimum Gasteiger partial charge on any atom is -0.463 e. The largest absolute Gasteiger partial charge is 0.463 e. The lowest BCUT2D eigenvalue weighted by Gasteiger charge is -2.12. The molecular formula is C18H22N2O4. The van der Waals surface area contributed by atoms with Crippen molar-refractivity contribution in [1.29, 1.82) is 0 Å². The van der Waals surface area contributed by atoms with Crippen molar-refractivity contribution in [2.75, 3.05) is 6.61 Å². The minimum absolute atomic E-state index is 0.0977. The maximum absolute atomic E-state index is 12.0. The Morgan fingerprint density at radius 1 is 1.21 bits per heavy atom. The number of primary amides is 1. The lowest BCUT2D eigenvalue weighted by atomic mass is 10.1. The second-order valence-electron chi connectivity index (χ2n) is 4.98. The number of esters is 1. The van der Waals surface area contributed by atoms with E-state index in [0.29, 0.717) is 6.42 Å². The highest BCUT2D eigenvalue weighted by Crippen LogP contribution is 2.03. The molecule has 1 unspecified atom stereocenters. The van der Waals surface area contributed by atoms with Crippen LogP contribution in [-0.4, -0.2) is 30.4 Å². The average molecular weight is 330 g/mol. The van der Waals surface area contributed by atoms with Crippen LogP contribution >= 0.6 is 0 Å². The highest BCUT2D eigenvalue weighted by Gasteiger charge is 2.10. The highest BCUT2D eigenvalue weighted by atomic mass is 16.5. The standard InChI is InChI=1S/C18H22N2O4/c1-2-24-18(23)13-10-15(9-11-16(19)21)20-17(22)12-8-14-6-4-3-5-7-14/h3-8,10,12-13,15H,2,9,11H2,1H3,(H2,19,21)(H,20,22)/b12-8+,13-10+. The van der Waals surface area contributed by atoms with Crippen molar-refractivity contribution in [2.24, 2.45) is 5.73 Å². The van der Waals surface area contributed by atoms with Crippen LogP contribution in [0.25, 0.3) is 6.08 Å². The van der Waals surface area contributed by atoms with Crippen molar-refractivity contribution in [3.05, 3.63) is 54.1 Å². The zero-order valence-electron chi connectivity index (χ0n) is 13.6. The maximum Gasteiger partial charge on any atom is 0.330 e. The van der Waals surface area contributed by atoms with E-state index in [4.69, 9.17) is 10.5 Å². The van der Waals surface area contributed by atoms with E-state index in [0.717, 1.165) is 5.56 Å². The quantitative estimate of drug-likeness (QED) is 0.530. The van der Waals surface area contributed by atoms with Crippen LogP contribution in [0.2, 0.25) is 0 Å². The molecule has 0 saturated carbocycles. The van der Waals surface area contributed by atoms with Crippen molar-refractivity contribution in [3.63, 3.8) is 0 Å². The monoisotopic (exact) mass is 330 g/mol. The van der Waals surface area contributed by atoms with Gasteiger partial charge in [-0.15, -0.1) is 0 Å². The van der Waals surface area contributed by atoms with E-state index < -0.39 is 17.9 Å². The number of ether oxygens (including phenoxy) is 1. The number of nitrogens with two attached hydrogens (primary N) is 1. The normalized spacial score (nSPS) is 12.2. The van der Waals surface area contributed by atoms with Crippen LogP contribution < -0.4 is 11.1 Å². The Balaban J connectivity index is 2.65. The van der Waals surface area contributed by atoms with Crippen LogP contribution in [0.5, 0.6) is 0 Å². The summed E-state index contributed by atoms with van der Waals surface area (Å²) in [6, 6.07) is 8.88. The number of nitrogens with one attached hydrogen (secondary N) is 1. The lowest BCUT2D eigenvalue weighted by molar-refractivity contribution is -0.137. The number of hydrogen-bond donors (Lipinski definition) is 2. The molecule has 0 spiro atoms. The third-order valence-corrected chi connectivity index (χ3v) is 3.01. The molecule has 0 bridgehead atoms. The van der Waals surface area contributed by atoms with Gasteiger partial charge in [0.2, 0.25) is 11.8 Å². The van der Waals surface area contributed by atoms with Gasteiger partial charge in [-0.3, -0.25) is 9.59 Å². The van der Waals surface area contributed by atoms with Crippen molar-refractivity contribution in [3.8, 4) is 0 Å². The third kappa shape index (κ3) is 8.53. The van der Waals surface area contributed by atoms with E-state index in [9.17, 15) is 14.4 Å². The summed E-state index contributed by atoms with van der Waals surface area (Å²) in [7, 11) is 0. The molecule has 0 aromatic heterocycles. The van der Waals surface area contributed by atoms with Gasteiger partial charge < -0.3 is 15.8 Å². The summed E-state index contributed by atoms with van der Waals surface area (Å²) in [4.78, 5) is 34.3. The Bertz CT molecular complexity index is 609. The van der Waals surface area contributed by atoms with Crippen molar-refractivity contribution < 1.29 is 19.1 Å². The van der Waals surface area contributed by atoms with E-state index >= 15 is 0 Å². The van der Waals surface area contributed by atoms with Crippen LogP contribution in [-0.2, 0) is 19.1 Å². The Morgan fingerprint density at radius 2 is 1.92 bits per heavy atom. The van der Waals surface area contributed by atoms with Crippen LogP contribution in [0, 0.1) is 0 Å².